The maximum absolute atomic E-state index is 6.82. The van der Waals surface area contributed by atoms with Crippen molar-refractivity contribution in [1.82, 2.24) is 39.0 Å². The number of aromatic nitrogens is 8. The third-order valence-corrected chi connectivity index (χ3v) is 13.3. The standard InChI is InChI=1S/C20H32N10OSi2/c1-32(2,9-5-7-29-13-27-19-15(29)17(21)23-11-25-19)31-33(3,4)10-6-8-30-14-28-20-16(30)18(22)24-12-26-20/h11-14H,5-10H2,1-4H3,(H2,21,23,25)(H2,22,24,26). The van der Waals surface area contributed by atoms with Gasteiger partial charge in [-0.25, -0.2) is 29.9 Å². The molecule has 0 aliphatic rings. The Morgan fingerprint density at radius 1 is 0.697 bits per heavy atom. The van der Waals surface area contributed by atoms with Crippen LogP contribution in [0.2, 0.25) is 38.3 Å². The molecule has 0 bridgehead atoms. The summed E-state index contributed by atoms with van der Waals surface area (Å²) in [6, 6.07) is 2.13. The van der Waals surface area contributed by atoms with Crippen LogP contribution in [-0.2, 0) is 17.2 Å². The van der Waals surface area contributed by atoms with E-state index in [9.17, 15) is 0 Å². The lowest BCUT2D eigenvalue weighted by Gasteiger charge is -2.34. The minimum atomic E-state index is -1.82. The van der Waals surface area contributed by atoms with E-state index in [1.165, 1.54) is 12.7 Å². The van der Waals surface area contributed by atoms with Gasteiger partial charge in [-0.3, -0.25) is 0 Å². The first-order chi connectivity index (χ1) is 15.7. The van der Waals surface area contributed by atoms with Crippen molar-refractivity contribution in [2.75, 3.05) is 11.5 Å². The molecule has 0 unspecified atom stereocenters. The maximum Gasteiger partial charge on any atom is 0.182 e. The molecule has 4 heterocycles. The van der Waals surface area contributed by atoms with Gasteiger partial charge in [0.1, 0.15) is 23.7 Å². The Morgan fingerprint density at radius 2 is 1.12 bits per heavy atom. The van der Waals surface area contributed by atoms with Gasteiger partial charge in [0.15, 0.2) is 39.6 Å². The van der Waals surface area contributed by atoms with Crippen molar-refractivity contribution in [1.29, 1.82) is 0 Å². The molecule has 0 spiro atoms. The normalized spacial score (nSPS) is 12.7. The third kappa shape index (κ3) is 5.36. The highest BCUT2D eigenvalue weighted by Crippen LogP contribution is 2.26. The summed E-state index contributed by atoms with van der Waals surface area (Å²) in [6.07, 6.45) is 8.49. The molecular weight excluding hydrogens is 452 g/mol. The molecule has 0 aromatic carbocycles. The van der Waals surface area contributed by atoms with Gasteiger partial charge in [0.2, 0.25) is 0 Å². The third-order valence-electron chi connectivity index (χ3n) is 5.78. The topological polar surface area (TPSA) is 148 Å². The first-order valence-corrected chi connectivity index (χ1v) is 17.4. The number of nitrogens with two attached hydrogens (primary N) is 2. The van der Waals surface area contributed by atoms with Gasteiger partial charge in [-0.2, -0.15) is 0 Å². The van der Waals surface area contributed by atoms with E-state index in [-0.39, 0.29) is 0 Å². The zero-order valence-corrected chi connectivity index (χ0v) is 21.7. The molecule has 11 nitrogen and oxygen atoms in total. The average molecular weight is 485 g/mol. The SMILES string of the molecule is C[Si](C)(CCCn1cnc2ncnc(N)c21)O[Si](C)(C)CCCn1cnc2ncnc(N)c21. The fraction of sp³-hybridized carbons (Fsp3) is 0.500. The van der Waals surface area contributed by atoms with E-state index in [1.54, 1.807) is 12.7 Å². The van der Waals surface area contributed by atoms with E-state index >= 15 is 0 Å². The monoisotopic (exact) mass is 484 g/mol. The van der Waals surface area contributed by atoms with Gasteiger partial charge in [0, 0.05) is 13.1 Å². The minimum absolute atomic E-state index is 0.470. The van der Waals surface area contributed by atoms with Gasteiger partial charge >= 0.3 is 0 Å². The lowest BCUT2D eigenvalue weighted by molar-refractivity contribution is 0.520. The molecule has 0 aliphatic heterocycles. The largest absolute Gasteiger partial charge is 0.455 e. The highest BCUT2D eigenvalue weighted by atomic mass is 28.4. The van der Waals surface area contributed by atoms with Gasteiger partial charge in [-0.05, 0) is 51.1 Å². The summed E-state index contributed by atoms with van der Waals surface area (Å²) in [6.45, 7) is 10.9. The summed E-state index contributed by atoms with van der Waals surface area (Å²) >= 11 is 0. The summed E-state index contributed by atoms with van der Waals surface area (Å²) in [7, 11) is -3.63. The van der Waals surface area contributed by atoms with Crippen molar-refractivity contribution in [2.45, 2.75) is 64.2 Å². The van der Waals surface area contributed by atoms with E-state index in [2.05, 4.69) is 56.1 Å². The molecule has 0 amide bonds. The van der Waals surface area contributed by atoms with Gasteiger partial charge in [-0.1, -0.05) is 0 Å². The number of aryl methyl sites for hydroxylation is 2. The fourth-order valence-electron chi connectivity index (χ4n) is 4.41. The second kappa shape index (κ2) is 9.15. The van der Waals surface area contributed by atoms with Gasteiger partial charge in [0.05, 0.1) is 12.7 Å². The van der Waals surface area contributed by atoms with Crippen molar-refractivity contribution in [3.05, 3.63) is 25.3 Å². The summed E-state index contributed by atoms with van der Waals surface area (Å²) in [4.78, 5) is 25.2. The highest BCUT2D eigenvalue weighted by Gasteiger charge is 2.32. The number of rotatable bonds is 10. The van der Waals surface area contributed by atoms with Crippen LogP contribution in [0.15, 0.2) is 25.3 Å². The van der Waals surface area contributed by atoms with E-state index in [1.807, 2.05) is 9.13 Å². The smallest absolute Gasteiger partial charge is 0.182 e. The van der Waals surface area contributed by atoms with Gasteiger partial charge in [-0.15, -0.1) is 0 Å². The Bertz CT molecular complexity index is 1160. The van der Waals surface area contributed by atoms with E-state index < -0.39 is 16.6 Å². The van der Waals surface area contributed by atoms with Crippen LogP contribution < -0.4 is 11.5 Å². The number of anilines is 2. The summed E-state index contributed by atoms with van der Waals surface area (Å²) < 4.78 is 10.9. The number of hydrogen-bond acceptors (Lipinski definition) is 9. The molecule has 4 N–H and O–H groups in total. The molecule has 176 valence electrons. The van der Waals surface area contributed by atoms with E-state index in [0.29, 0.717) is 22.9 Å². The summed E-state index contributed by atoms with van der Waals surface area (Å²) in [5.41, 5.74) is 14.9. The molecule has 0 saturated carbocycles. The molecule has 13 heteroatoms. The van der Waals surface area contributed by atoms with Crippen molar-refractivity contribution in [3.8, 4) is 0 Å². The van der Waals surface area contributed by atoms with Gasteiger partial charge in [0.25, 0.3) is 0 Å². The molecule has 0 fully saturated rings. The molecule has 0 atom stereocenters. The predicted octanol–water partition coefficient (Wildman–Crippen LogP) is 3.04. The molecule has 0 aliphatic carbocycles. The van der Waals surface area contributed by atoms with Crippen LogP contribution in [0.1, 0.15) is 12.8 Å². The second-order valence-electron chi connectivity index (χ2n) is 9.57. The zero-order chi connectivity index (χ0) is 23.6. The quantitative estimate of drug-likeness (QED) is 0.324. The van der Waals surface area contributed by atoms with Crippen LogP contribution in [-0.4, -0.2) is 55.7 Å². The van der Waals surface area contributed by atoms with Crippen molar-refractivity contribution in [3.63, 3.8) is 0 Å². The molecule has 0 radical (unpaired) electrons. The summed E-state index contributed by atoms with van der Waals surface area (Å²) in [5, 5.41) is 0. The lowest BCUT2D eigenvalue weighted by atomic mass is 10.4. The Labute approximate surface area is 194 Å². The van der Waals surface area contributed by atoms with E-state index in [0.717, 1.165) is 49.1 Å². The van der Waals surface area contributed by atoms with Crippen molar-refractivity contribution >= 4 is 50.6 Å². The van der Waals surface area contributed by atoms with Gasteiger partial charge < -0.3 is 24.7 Å². The highest BCUT2D eigenvalue weighted by molar-refractivity contribution is 6.84. The molecule has 4 aromatic rings. The first kappa shape index (κ1) is 23.3. The van der Waals surface area contributed by atoms with Crippen LogP contribution >= 0.6 is 0 Å². The molecular formula is C20H32N10OSi2. The van der Waals surface area contributed by atoms with Crippen molar-refractivity contribution < 1.29 is 4.12 Å². The Morgan fingerprint density at radius 3 is 1.55 bits per heavy atom. The number of imidazole rings is 2. The number of nitrogens with zero attached hydrogens (tertiary/aromatic N) is 8. The molecule has 0 saturated heterocycles. The fourth-order valence-corrected chi connectivity index (χ4v) is 13.2. The van der Waals surface area contributed by atoms with Crippen LogP contribution in [0.3, 0.4) is 0 Å². The Kier molecular flexibility index (Phi) is 6.45. The van der Waals surface area contributed by atoms with E-state index in [4.69, 9.17) is 15.6 Å². The van der Waals surface area contributed by atoms with Crippen LogP contribution in [0, 0.1) is 0 Å². The zero-order valence-electron chi connectivity index (χ0n) is 19.7. The molecule has 33 heavy (non-hydrogen) atoms. The number of hydrogen-bond donors (Lipinski definition) is 2. The second-order valence-corrected chi connectivity index (χ2v) is 18.4. The van der Waals surface area contributed by atoms with Crippen LogP contribution in [0.5, 0.6) is 0 Å². The predicted molar refractivity (Wildman–Crippen MR) is 134 cm³/mol. The maximum atomic E-state index is 6.82. The molecule has 4 aromatic heterocycles. The number of nitrogen functional groups attached to an aromatic ring is 2. The average Bonchev–Trinajstić information content (AvgIpc) is 3.33. The van der Waals surface area contributed by atoms with Crippen LogP contribution in [0.4, 0.5) is 11.6 Å². The number of fused-ring (bicyclic) bond motifs is 2. The first-order valence-electron chi connectivity index (χ1n) is 11.2. The van der Waals surface area contributed by atoms with Crippen molar-refractivity contribution in [2.24, 2.45) is 0 Å². The molecule has 4 rings (SSSR count). The minimum Gasteiger partial charge on any atom is -0.455 e. The summed E-state index contributed by atoms with van der Waals surface area (Å²) in [5.74, 6) is 0.940. The lowest BCUT2D eigenvalue weighted by Crippen LogP contribution is -2.44. The Hall–Kier alpha value is -2.91. The Balaban J connectivity index is 1.29. The van der Waals surface area contributed by atoms with Crippen LogP contribution in [0.25, 0.3) is 22.3 Å².